The van der Waals surface area contributed by atoms with Crippen molar-refractivity contribution in [3.63, 3.8) is 0 Å². The standard InChI is InChI=1S/C27H30FN5O2/c1-20-9-10-23(16-24(20)28)31-27(35)26(34)30-18-25(22-8-5-11-29-17-22)33-14-12-32(13-15-33)19-21-6-3-2-4-7-21/h2-11,16-17,25H,12-15,18-19H2,1H3,(H,30,34)(H,31,35)/t25-/m0/s1. The number of nitrogens with one attached hydrogen (secondary N) is 2. The van der Waals surface area contributed by atoms with Crippen molar-refractivity contribution in [3.05, 3.63) is 95.6 Å². The van der Waals surface area contributed by atoms with Gasteiger partial charge >= 0.3 is 11.8 Å². The topological polar surface area (TPSA) is 77.6 Å². The van der Waals surface area contributed by atoms with Crippen LogP contribution in [0.1, 0.15) is 22.7 Å². The van der Waals surface area contributed by atoms with Crippen molar-refractivity contribution in [3.8, 4) is 0 Å². The summed E-state index contributed by atoms with van der Waals surface area (Å²) in [7, 11) is 0. The Labute approximate surface area is 205 Å². The first-order chi connectivity index (χ1) is 17.0. The maximum atomic E-state index is 13.8. The summed E-state index contributed by atoms with van der Waals surface area (Å²) in [6, 6.07) is 18.5. The lowest BCUT2D eigenvalue weighted by Gasteiger charge is -2.39. The Morgan fingerprint density at radius 2 is 1.77 bits per heavy atom. The van der Waals surface area contributed by atoms with Crippen LogP contribution < -0.4 is 10.6 Å². The minimum absolute atomic E-state index is 0.115. The number of halogens is 1. The quantitative estimate of drug-likeness (QED) is 0.514. The largest absolute Gasteiger partial charge is 0.346 e. The fourth-order valence-corrected chi connectivity index (χ4v) is 4.23. The summed E-state index contributed by atoms with van der Waals surface area (Å²) < 4.78 is 13.8. The molecule has 1 aromatic heterocycles. The summed E-state index contributed by atoms with van der Waals surface area (Å²) in [5.74, 6) is -2.03. The van der Waals surface area contributed by atoms with Gasteiger partial charge in [0.1, 0.15) is 5.82 Å². The Balaban J connectivity index is 1.35. The number of benzene rings is 2. The van der Waals surface area contributed by atoms with Gasteiger partial charge < -0.3 is 10.6 Å². The molecule has 2 aromatic carbocycles. The van der Waals surface area contributed by atoms with Gasteiger partial charge in [0.2, 0.25) is 0 Å². The van der Waals surface area contributed by atoms with Gasteiger partial charge in [0, 0.05) is 57.3 Å². The molecule has 1 aliphatic rings. The molecule has 0 aliphatic carbocycles. The first-order valence-electron chi connectivity index (χ1n) is 11.7. The van der Waals surface area contributed by atoms with Gasteiger partial charge in [0.15, 0.2) is 0 Å². The van der Waals surface area contributed by atoms with E-state index < -0.39 is 17.6 Å². The van der Waals surface area contributed by atoms with E-state index in [4.69, 9.17) is 0 Å². The zero-order valence-corrected chi connectivity index (χ0v) is 19.8. The van der Waals surface area contributed by atoms with E-state index in [2.05, 4.69) is 49.7 Å². The number of carbonyl (C=O) groups excluding carboxylic acids is 2. The molecule has 2 amide bonds. The molecule has 1 aliphatic heterocycles. The van der Waals surface area contributed by atoms with E-state index in [1.54, 1.807) is 31.5 Å². The number of aromatic nitrogens is 1. The van der Waals surface area contributed by atoms with E-state index >= 15 is 0 Å². The summed E-state index contributed by atoms with van der Waals surface area (Å²) >= 11 is 0. The van der Waals surface area contributed by atoms with Crippen LogP contribution in [-0.2, 0) is 16.1 Å². The Bertz CT molecular complexity index is 1130. The van der Waals surface area contributed by atoms with Crippen LogP contribution in [0.2, 0.25) is 0 Å². The molecule has 4 rings (SSSR count). The first-order valence-corrected chi connectivity index (χ1v) is 11.7. The second-order valence-electron chi connectivity index (χ2n) is 8.73. The summed E-state index contributed by atoms with van der Waals surface area (Å²) in [5.41, 5.74) is 2.98. The lowest BCUT2D eigenvalue weighted by Crippen LogP contribution is -2.50. The van der Waals surface area contributed by atoms with Crippen LogP contribution in [0.4, 0.5) is 10.1 Å². The molecule has 0 radical (unpaired) electrons. The number of hydrogen-bond acceptors (Lipinski definition) is 5. The second-order valence-corrected chi connectivity index (χ2v) is 8.73. The van der Waals surface area contributed by atoms with Crippen LogP contribution in [0.25, 0.3) is 0 Å². The first kappa shape index (κ1) is 24.5. The molecule has 0 spiro atoms. The average Bonchev–Trinajstić information content (AvgIpc) is 2.88. The molecular weight excluding hydrogens is 445 g/mol. The number of nitrogens with zero attached hydrogens (tertiary/aromatic N) is 3. The van der Waals surface area contributed by atoms with Crippen LogP contribution in [0.3, 0.4) is 0 Å². The van der Waals surface area contributed by atoms with E-state index in [1.807, 2.05) is 18.2 Å². The minimum Gasteiger partial charge on any atom is -0.346 e. The van der Waals surface area contributed by atoms with Crippen LogP contribution in [0.5, 0.6) is 0 Å². The maximum Gasteiger partial charge on any atom is 0.313 e. The van der Waals surface area contributed by atoms with Gasteiger partial charge in [0.05, 0.1) is 6.04 Å². The fourth-order valence-electron chi connectivity index (χ4n) is 4.23. The molecule has 7 nitrogen and oxygen atoms in total. The zero-order chi connectivity index (χ0) is 24.6. The maximum absolute atomic E-state index is 13.8. The van der Waals surface area contributed by atoms with Gasteiger partial charge in [0.25, 0.3) is 0 Å². The Hall–Kier alpha value is -3.62. The van der Waals surface area contributed by atoms with E-state index in [1.165, 1.54) is 11.6 Å². The second kappa shape index (κ2) is 11.7. The highest BCUT2D eigenvalue weighted by atomic mass is 19.1. The average molecular weight is 476 g/mol. The third-order valence-corrected chi connectivity index (χ3v) is 6.26. The summed E-state index contributed by atoms with van der Waals surface area (Å²) in [4.78, 5) is 33.9. The number of anilines is 1. The molecule has 0 unspecified atom stereocenters. The van der Waals surface area contributed by atoms with Crippen LogP contribution in [0, 0.1) is 12.7 Å². The number of amides is 2. The zero-order valence-electron chi connectivity index (χ0n) is 19.8. The monoisotopic (exact) mass is 475 g/mol. The van der Waals surface area contributed by atoms with Gasteiger partial charge in [-0.3, -0.25) is 24.4 Å². The molecule has 182 valence electrons. The molecule has 1 atom stereocenters. The number of hydrogen-bond donors (Lipinski definition) is 2. The molecule has 0 saturated carbocycles. The Kier molecular flexibility index (Phi) is 8.18. The highest BCUT2D eigenvalue weighted by Gasteiger charge is 2.26. The van der Waals surface area contributed by atoms with Crippen molar-refractivity contribution < 1.29 is 14.0 Å². The molecule has 1 fully saturated rings. The lowest BCUT2D eigenvalue weighted by atomic mass is 10.1. The van der Waals surface area contributed by atoms with Gasteiger partial charge in [-0.2, -0.15) is 0 Å². The van der Waals surface area contributed by atoms with Crippen molar-refractivity contribution in [2.45, 2.75) is 19.5 Å². The molecule has 8 heteroatoms. The third kappa shape index (κ3) is 6.71. The molecule has 0 bridgehead atoms. The SMILES string of the molecule is Cc1ccc(NC(=O)C(=O)NC[C@@H](c2cccnc2)N2CCN(Cc3ccccc3)CC2)cc1F. The van der Waals surface area contributed by atoms with Crippen molar-refractivity contribution in [1.29, 1.82) is 0 Å². The van der Waals surface area contributed by atoms with Gasteiger partial charge in [-0.25, -0.2) is 4.39 Å². The van der Waals surface area contributed by atoms with Crippen molar-refractivity contribution in [2.75, 3.05) is 38.0 Å². The van der Waals surface area contributed by atoms with Gasteiger partial charge in [-0.15, -0.1) is 0 Å². The lowest BCUT2D eigenvalue weighted by molar-refractivity contribution is -0.136. The molecule has 1 saturated heterocycles. The van der Waals surface area contributed by atoms with Crippen molar-refractivity contribution in [1.82, 2.24) is 20.1 Å². The predicted molar refractivity (Wildman–Crippen MR) is 133 cm³/mol. The van der Waals surface area contributed by atoms with Gasteiger partial charge in [-0.1, -0.05) is 42.5 Å². The van der Waals surface area contributed by atoms with Crippen LogP contribution >= 0.6 is 0 Å². The highest BCUT2D eigenvalue weighted by Crippen LogP contribution is 2.22. The normalized spacial score (nSPS) is 15.4. The van der Waals surface area contributed by atoms with E-state index in [9.17, 15) is 14.0 Å². The van der Waals surface area contributed by atoms with Crippen molar-refractivity contribution in [2.24, 2.45) is 0 Å². The molecular formula is C27H30FN5O2. The van der Waals surface area contributed by atoms with E-state index in [0.717, 1.165) is 38.3 Å². The number of rotatable bonds is 7. The number of carbonyl (C=O) groups is 2. The summed E-state index contributed by atoms with van der Waals surface area (Å²) in [5, 5.41) is 5.21. The summed E-state index contributed by atoms with van der Waals surface area (Å²) in [6.07, 6.45) is 3.51. The van der Waals surface area contributed by atoms with Crippen molar-refractivity contribution >= 4 is 17.5 Å². The molecule has 2 heterocycles. The van der Waals surface area contributed by atoms with Crippen LogP contribution in [0.15, 0.2) is 73.1 Å². The molecule has 35 heavy (non-hydrogen) atoms. The number of pyridine rings is 1. The number of aryl methyl sites for hydroxylation is 1. The van der Waals surface area contributed by atoms with Crippen LogP contribution in [-0.4, -0.2) is 59.3 Å². The minimum atomic E-state index is -0.828. The molecule has 2 N–H and O–H groups in total. The highest BCUT2D eigenvalue weighted by molar-refractivity contribution is 6.39. The Morgan fingerprint density at radius 1 is 1.00 bits per heavy atom. The smallest absolute Gasteiger partial charge is 0.313 e. The summed E-state index contributed by atoms with van der Waals surface area (Å²) in [6.45, 7) is 6.27. The van der Waals surface area contributed by atoms with Gasteiger partial charge in [-0.05, 0) is 41.8 Å². The van der Waals surface area contributed by atoms with E-state index in [-0.39, 0.29) is 18.3 Å². The molecule has 3 aromatic rings. The Morgan fingerprint density at radius 3 is 2.46 bits per heavy atom. The fraction of sp³-hybridized carbons (Fsp3) is 0.296. The third-order valence-electron chi connectivity index (χ3n) is 6.26. The number of piperazine rings is 1. The van der Waals surface area contributed by atoms with E-state index in [0.29, 0.717) is 5.56 Å². The predicted octanol–water partition coefficient (Wildman–Crippen LogP) is 3.14.